The zero-order chi connectivity index (χ0) is 23.6. The molecule has 0 amide bonds. The number of nitrogens with zero attached hydrogens (tertiary/aromatic N) is 2. The number of alkyl halides is 3. The zero-order valence-electron chi connectivity index (χ0n) is 17.3. The standard InChI is InChI=1S/C25H17F3N2O3/c1-15-2-4-19(5-3-15)23-29-30-24(33-23)20-12-8-17(9-13-20)16-6-10-18(11-7-16)21(31)14-22(32)25(26,27)28/h2-14,31H,1H3/p-1/b21-14-. The lowest BCUT2D eigenvalue weighted by Crippen LogP contribution is -2.21. The van der Waals surface area contributed by atoms with Gasteiger partial charge in [-0.3, -0.25) is 4.79 Å². The van der Waals surface area contributed by atoms with Gasteiger partial charge in [0.1, 0.15) is 0 Å². The average Bonchev–Trinajstić information content (AvgIpc) is 3.29. The summed E-state index contributed by atoms with van der Waals surface area (Å²) in [5.41, 5.74) is 4.20. The van der Waals surface area contributed by atoms with Crippen molar-refractivity contribution in [2.24, 2.45) is 0 Å². The van der Waals surface area contributed by atoms with Gasteiger partial charge in [-0.1, -0.05) is 59.9 Å². The van der Waals surface area contributed by atoms with Crippen molar-refractivity contribution in [2.75, 3.05) is 0 Å². The number of ketones is 1. The van der Waals surface area contributed by atoms with E-state index < -0.39 is 17.7 Å². The van der Waals surface area contributed by atoms with Crippen LogP contribution in [0.5, 0.6) is 0 Å². The summed E-state index contributed by atoms with van der Waals surface area (Å²) in [5, 5.41) is 20.1. The Morgan fingerprint density at radius 1 is 0.788 bits per heavy atom. The molecule has 0 aliphatic heterocycles. The Morgan fingerprint density at radius 2 is 1.21 bits per heavy atom. The molecule has 33 heavy (non-hydrogen) atoms. The first kappa shape index (κ1) is 22.0. The second-order valence-electron chi connectivity index (χ2n) is 7.30. The van der Waals surface area contributed by atoms with E-state index in [4.69, 9.17) is 4.42 Å². The number of carbonyl (C=O) groups excluding carboxylic acids is 1. The van der Waals surface area contributed by atoms with E-state index in [1.165, 1.54) is 12.1 Å². The zero-order valence-corrected chi connectivity index (χ0v) is 17.3. The van der Waals surface area contributed by atoms with Crippen molar-refractivity contribution in [3.8, 4) is 34.0 Å². The second kappa shape index (κ2) is 8.74. The van der Waals surface area contributed by atoms with Crippen molar-refractivity contribution < 1.29 is 27.5 Å². The molecular weight excluding hydrogens is 433 g/mol. The Bertz CT molecular complexity index is 1310. The molecule has 3 aromatic carbocycles. The van der Waals surface area contributed by atoms with Gasteiger partial charge >= 0.3 is 6.18 Å². The van der Waals surface area contributed by atoms with E-state index in [0.29, 0.717) is 11.8 Å². The highest BCUT2D eigenvalue weighted by Gasteiger charge is 2.36. The number of benzene rings is 3. The summed E-state index contributed by atoms with van der Waals surface area (Å²) in [6.07, 6.45) is -5.02. The number of hydrogen-bond acceptors (Lipinski definition) is 5. The number of halogens is 3. The summed E-state index contributed by atoms with van der Waals surface area (Å²) in [5.74, 6) is -2.41. The van der Waals surface area contributed by atoms with Gasteiger partial charge in [0, 0.05) is 11.1 Å². The summed E-state index contributed by atoms with van der Waals surface area (Å²) < 4.78 is 42.7. The highest BCUT2D eigenvalue weighted by molar-refractivity contribution is 5.99. The molecule has 0 N–H and O–H groups in total. The number of hydrogen-bond donors (Lipinski definition) is 0. The van der Waals surface area contributed by atoms with Crippen molar-refractivity contribution in [2.45, 2.75) is 13.1 Å². The topological polar surface area (TPSA) is 79.0 Å². The van der Waals surface area contributed by atoms with Crippen LogP contribution in [0, 0.1) is 6.92 Å². The maximum absolute atomic E-state index is 12.3. The van der Waals surface area contributed by atoms with Gasteiger partial charge in [-0.25, -0.2) is 0 Å². The predicted molar refractivity (Wildman–Crippen MR) is 114 cm³/mol. The van der Waals surface area contributed by atoms with Crippen LogP contribution >= 0.6 is 0 Å². The van der Waals surface area contributed by atoms with Gasteiger partial charge in [-0.05, 0) is 54.0 Å². The maximum Gasteiger partial charge on any atom is 0.454 e. The summed E-state index contributed by atoms with van der Waals surface area (Å²) >= 11 is 0. The number of rotatable bonds is 5. The van der Waals surface area contributed by atoms with Crippen molar-refractivity contribution in [1.82, 2.24) is 10.2 Å². The third-order valence-corrected chi connectivity index (χ3v) is 4.90. The van der Waals surface area contributed by atoms with Crippen LogP contribution in [0.1, 0.15) is 11.1 Å². The van der Waals surface area contributed by atoms with E-state index in [0.717, 1.165) is 27.8 Å². The molecule has 8 heteroatoms. The highest BCUT2D eigenvalue weighted by Crippen LogP contribution is 2.28. The van der Waals surface area contributed by atoms with Gasteiger partial charge in [0.25, 0.3) is 5.78 Å². The Balaban J connectivity index is 1.50. The SMILES string of the molecule is Cc1ccc(-c2nnc(-c3ccc(-c4ccc(/C([O-])=C/C(=O)C(F)(F)F)cc4)cc3)o2)cc1. The molecule has 4 aromatic rings. The molecule has 0 atom stereocenters. The van der Waals surface area contributed by atoms with E-state index in [2.05, 4.69) is 10.2 Å². The highest BCUT2D eigenvalue weighted by atomic mass is 19.4. The molecule has 0 spiro atoms. The van der Waals surface area contributed by atoms with Crippen LogP contribution in [-0.2, 0) is 4.79 Å². The fourth-order valence-corrected chi connectivity index (χ4v) is 3.07. The van der Waals surface area contributed by atoms with Crippen molar-refractivity contribution >= 4 is 11.5 Å². The number of allylic oxidation sites excluding steroid dienone is 1. The third-order valence-electron chi connectivity index (χ3n) is 4.90. The summed E-state index contributed by atoms with van der Waals surface area (Å²) in [6, 6.07) is 20.9. The quantitative estimate of drug-likeness (QED) is 0.309. The van der Waals surface area contributed by atoms with Crippen LogP contribution in [0.2, 0.25) is 0 Å². The van der Waals surface area contributed by atoms with Crippen LogP contribution in [0.4, 0.5) is 13.2 Å². The van der Waals surface area contributed by atoms with Crippen molar-refractivity contribution in [1.29, 1.82) is 0 Å². The van der Waals surface area contributed by atoms with E-state index in [1.807, 2.05) is 43.3 Å². The molecule has 1 heterocycles. The lowest BCUT2D eigenvalue weighted by molar-refractivity contribution is -0.244. The Labute approximate surface area is 186 Å². The van der Waals surface area contributed by atoms with E-state index >= 15 is 0 Å². The normalized spacial score (nSPS) is 12.1. The Kier molecular flexibility index (Phi) is 5.83. The molecule has 0 saturated heterocycles. The van der Waals surface area contributed by atoms with Crippen LogP contribution < -0.4 is 5.11 Å². The molecule has 1 aromatic heterocycles. The van der Waals surface area contributed by atoms with Crippen LogP contribution in [0.15, 0.2) is 83.3 Å². The molecule has 0 radical (unpaired) electrons. The molecule has 5 nitrogen and oxygen atoms in total. The van der Waals surface area contributed by atoms with Crippen LogP contribution in [0.25, 0.3) is 39.8 Å². The van der Waals surface area contributed by atoms with Crippen LogP contribution in [0.3, 0.4) is 0 Å². The summed E-state index contributed by atoms with van der Waals surface area (Å²) in [6.45, 7) is 1.99. The molecule has 0 unspecified atom stereocenters. The molecule has 166 valence electrons. The number of aromatic nitrogens is 2. The first-order valence-corrected chi connectivity index (χ1v) is 9.82. The van der Waals surface area contributed by atoms with E-state index in [9.17, 15) is 23.1 Å². The predicted octanol–water partition coefficient (Wildman–Crippen LogP) is 5.21. The van der Waals surface area contributed by atoms with E-state index in [1.54, 1.807) is 24.3 Å². The van der Waals surface area contributed by atoms with Crippen LogP contribution in [-0.4, -0.2) is 22.2 Å². The molecular formula is C25H16F3N2O3-. The minimum absolute atomic E-state index is 0.0116. The minimum atomic E-state index is -5.07. The summed E-state index contributed by atoms with van der Waals surface area (Å²) in [4.78, 5) is 11.0. The molecule has 0 fully saturated rings. The smallest absolute Gasteiger partial charge is 0.454 e. The fourth-order valence-electron chi connectivity index (χ4n) is 3.07. The minimum Gasteiger partial charge on any atom is -0.872 e. The van der Waals surface area contributed by atoms with Crippen molar-refractivity contribution in [3.63, 3.8) is 0 Å². The monoisotopic (exact) mass is 449 g/mol. The van der Waals surface area contributed by atoms with E-state index in [-0.39, 0.29) is 11.6 Å². The van der Waals surface area contributed by atoms with Gasteiger partial charge in [0.2, 0.25) is 11.8 Å². The van der Waals surface area contributed by atoms with Gasteiger partial charge in [0.05, 0.1) is 0 Å². The first-order valence-electron chi connectivity index (χ1n) is 9.82. The number of carbonyl (C=O) groups is 1. The van der Waals surface area contributed by atoms with Crippen molar-refractivity contribution in [3.05, 3.63) is 90.0 Å². The van der Waals surface area contributed by atoms with Gasteiger partial charge < -0.3 is 9.52 Å². The Hall–Kier alpha value is -4.20. The Morgan fingerprint density at radius 3 is 1.70 bits per heavy atom. The van der Waals surface area contributed by atoms with Gasteiger partial charge in [-0.15, -0.1) is 10.2 Å². The molecule has 0 aliphatic rings. The fraction of sp³-hybridized carbons (Fsp3) is 0.0800. The summed E-state index contributed by atoms with van der Waals surface area (Å²) in [7, 11) is 0. The molecule has 4 rings (SSSR count). The first-order chi connectivity index (χ1) is 15.7. The van der Waals surface area contributed by atoms with Gasteiger partial charge in [0.15, 0.2) is 0 Å². The second-order valence-corrected chi connectivity index (χ2v) is 7.30. The average molecular weight is 449 g/mol. The third kappa shape index (κ3) is 5.01. The molecule has 0 aliphatic carbocycles. The lowest BCUT2D eigenvalue weighted by atomic mass is 10.0. The van der Waals surface area contributed by atoms with Gasteiger partial charge in [-0.2, -0.15) is 13.2 Å². The molecule has 0 saturated carbocycles. The number of aryl methyl sites for hydroxylation is 1. The molecule has 0 bridgehead atoms. The lowest BCUT2D eigenvalue weighted by Gasteiger charge is -2.13. The largest absolute Gasteiger partial charge is 0.872 e. The maximum atomic E-state index is 12.3.